The standard InChI is InChI=1S/C12H25N3O2S/c1-10(2)13-5-8-18(16,17)14-12-9-15-6-3-11(12)4-7-15/h10-14H,3-9H2,1-2H3. The van der Waals surface area contributed by atoms with Gasteiger partial charge in [0.25, 0.3) is 0 Å². The first-order valence-electron chi connectivity index (χ1n) is 6.92. The Morgan fingerprint density at radius 3 is 2.44 bits per heavy atom. The second kappa shape index (κ2) is 5.86. The number of piperidine rings is 3. The lowest BCUT2D eigenvalue weighted by Gasteiger charge is -2.44. The fourth-order valence-electron chi connectivity index (χ4n) is 2.87. The van der Waals surface area contributed by atoms with Crippen LogP contribution in [0.2, 0.25) is 0 Å². The zero-order chi connectivity index (χ0) is 13.2. The maximum atomic E-state index is 12.0. The van der Waals surface area contributed by atoms with E-state index >= 15 is 0 Å². The van der Waals surface area contributed by atoms with Crippen molar-refractivity contribution in [2.24, 2.45) is 5.92 Å². The first kappa shape index (κ1) is 14.2. The highest BCUT2D eigenvalue weighted by atomic mass is 32.2. The Morgan fingerprint density at radius 2 is 1.94 bits per heavy atom. The van der Waals surface area contributed by atoms with E-state index in [2.05, 4.69) is 14.9 Å². The molecule has 0 aliphatic carbocycles. The zero-order valence-electron chi connectivity index (χ0n) is 11.4. The molecule has 3 heterocycles. The van der Waals surface area contributed by atoms with E-state index in [4.69, 9.17) is 0 Å². The van der Waals surface area contributed by atoms with Gasteiger partial charge in [-0.2, -0.15) is 0 Å². The summed E-state index contributed by atoms with van der Waals surface area (Å²) in [6.45, 7) is 7.73. The molecule has 0 saturated carbocycles. The second-order valence-electron chi connectivity index (χ2n) is 5.79. The molecular weight excluding hydrogens is 250 g/mol. The predicted molar refractivity (Wildman–Crippen MR) is 73.0 cm³/mol. The van der Waals surface area contributed by atoms with Crippen LogP contribution >= 0.6 is 0 Å². The van der Waals surface area contributed by atoms with Crippen LogP contribution in [0.15, 0.2) is 0 Å². The van der Waals surface area contributed by atoms with Crippen LogP contribution in [-0.2, 0) is 10.0 Å². The third-order valence-corrected chi connectivity index (χ3v) is 5.31. The molecule has 0 aromatic carbocycles. The lowest BCUT2D eigenvalue weighted by Crippen LogP contribution is -2.57. The Morgan fingerprint density at radius 1 is 1.28 bits per heavy atom. The number of fused-ring (bicyclic) bond motifs is 3. The molecule has 18 heavy (non-hydrogen) atoms. The van der Waals surface area contributed by atoms with Gasteiger partial charge in [-0.25, -0.2) is 13.1 Å². The van der Waals surface area contributed by atoms with Crippen molar-refractivity contribution < 1.29 is 8.42 Å². The normalized spacial score (nSPS) is 32.1. The van der Waals surface area contributed by atoms with Crippen LogP contribution in [0.5, 0.6) is 0 Å². The number of hydrogen-bond acceptors (Lipinski definition) is 4. The first-order valence-corrected chi connectivity index (χ1v) is 8.57. The largest absolute Gasteiger partial charge is 0.313 e. The van der Waals surface area contributed by atoms with Crippen LogP contribution in [0.1, 0.15) is 26.7 Å². The summed E-state index contributed by atoms with van der Waals surface area (Å²) >= 11 is 0. The molecule has 3 saturated heterocycles. The van der Waals surface area contributed by atoms with E-state index in [1.807, 2.05) is 13.8 Å². The van der Waals surface area contributed by atoms with Crippen LogP contribution in [0.3, 0.4) is 0 Å². The number of hydrogen-bond donors (Lipinski definition) is 2. The van der Waals surface area contributed by atoms with Crippen molar-refractivity contribution in [3.63, 3.8) is 0 Å². The molecular formula is C12H25N3O2S. The van der Waals surface area contributed by atoms with Crippen molar-refractivity contribution in [2.75, 3.05) is 31.9 Å². The Kier molecular flexibility index (Phi) is 4.64. The van der Waals surface area contributed by atoms with E-state index < -0.39 is 10.0 Å². The van der Waals surface area contributed by atoms with Crippen molar-refractivity contribution in [1.82, 2.24) is 14.9 Å². The van der Waals surface area contributed by atoms with E-state index in [1.165, 1.54) is 0 Å². The summed E-state index contributed by atoms with van der Waals surface area (Å²) < 4.78 is 26.9. The molecule has 3 fully saturated rings. The second-order valence-corrected chi connectivity index (χ2v) is 7.66. The zero-order valence-corrected chi connectivity index (χ0v) is 12.2. The van der Waals surface area contributed by atoms with Gasteiger partial charge in [0.15, 0.2) is 0 Å². The average molecular weight is 275 g/mol. The maximum Gasteiger partial charge on any atom is 0.213 e. The number of nitrogens with zero attached hydrogens (tertiary/aromatic N) is 1. The maximum absolute atomic E-state index is 12.0. The highest BCUT2D eigenvalue weighted by molar-refractivity contribution is 7.89. The summed E-state index contributed by atoms with van der Waals surface area (Å²) in [5.41, 5.74) is 0. The minimum atomic E-state index is -3.14. The van der Waals surface area contributed by atoms with Gasteiger partial charge in [-0.15, -0.1) is 0 Å². The minimum Gasteiger partial charge on any atom is -0.313 e. The number of nitrogens with one attached hydrogen (secondary N) is 2. The molecule has 2 N–H and O–H groups in total. The molecule has 2 bridgehead atoms. The van der Waals surface area contributed by atoms with Crippen molar-refractivity contribution in [3.05, 3.63) is 0 Å². The van der Waals surface area contributed by atoms with Crippen molar-refractivity contribution in [1.29, 1.82) is 0 Å². The number of sulfonamides is 1. The Balaban J connectivity index is 1.81. The SMILES string of the molecule is CC(C)NCCS(=O)(=O)NC1CN2CCC1CC2. The van der Waals surface area contributed by atoms with E-state index in [0.29, 0.717) is 18.5 Å². The molecule has 0 spiro atoms. The molecule has 0 amide bonds. The first-order chi connectivity index (χ1) is 8.46. The summed E-state index contributed by atoms with van der Waals surface area (Å²) in [5.74, 6) is 0.719. The van der Waals surface area contributed by atoms with Gasteiger partial charge in [-0.1, -0.05) is 13.8 Å². The van der Waals surface area contributed by atoms with E-state index in [9.17, 15) is 8.42 Å². The van der Waals surface area contributed by atoms with E-state index in [-0.39, 0.29) is 11.8 Å². The van der Waals surface area contributed by atoms with Crippen molar-refractivity contribution in [2.45, 2.75) is 38.8 Å². The lowest BCUT2D eigenvalue weighted by atomic mass is 9.85. The smallest absolute Gasteiger partial charge is 0.213 e. The summed E-state index contributed by atoms with van der Waals surface area (Å²) in [4.78, 5) is 2.36. The van der Waals surface area contributed by atoms with E-state index in [0.717, 1.165) is 32.5 Å². The van der Waals surface area contributed by atoms with Gasteiger partial charge in [0.05, 0.1) is 5.75 Å². The monoisotopic (exact) mass is 275 g/mol. The fraction of sp³-hybridized carbons (Fsp3) is 1.00. The molecule has 6 heteroatoms. The van der Waals surface area contributed by atoms with Crippen LogP contribution in [-0.4, -0.2) is 57.3 Å². The molecule has 0 radical (unpaired) electrons. The molecule has 3 aliphatic heterocycles. The lowest BCUT2D eigenvalue weighted by molar-refractivity contribution is 0.0827. The topological polar surface area (TPSA) is 61.4 Å². The van der Waals surface area contributed by atoms with Crippen molar-refractivity contribution in [3.8, 4) is 0 Å². The highest BCUT2D eigenvalue weighted by Gasteiger charge is 2.35. The van der Waals surface area contributed by atoms with Gasteiger partial charge < -0.3 is 10.2 Å². The molecule has 106 valence electrons. The molecule has 1 unspecified atom stereocenters. The summed E-state index contributed by atoms with van der Waals surface area (Å²) in [5, 5.41) is 3.14. The van der Waals surface area contributed by atoms with Gasteiger partial charge in [0, 0.05) is 25.2 Å². The fourth-order valence-corrected chi connectivity index (χ4v) is 4.10. The van der Waals surface area contributed by atoms with Gasteiger partial charge in [-0.05, 0) is 31.8 Å². The van der Waals surface area contributed by atoms with Crippen LogP contribution in [0.25, 0.3) is 0 Å². The van der Waals surface area contributed by atoms with Gasteiger partial charge in [0.1, 0.15) is 0 Å². The summed E-state index contributed by atoms with van der Waals surface area (Å²) in [6, 6.07) is 0.466. The Bertz CT molecular complexity index is 362. The molecule has 0 aromatic rings. The molecule has 3 rings (SSSR count). The van der Waals surface area contributed by atoms with E-state index in [1.54, 1.807) is 0 Å². The summed E-state index contributed by atoms with van der Waals surface area (Å²) in [7, 11) is -3.14. The predicted octanol–water partition coefficient (Wildman–Crippen LogP) is -0.00200. The van der Waals surface area contributed by atoms with Crippen LogP contribution in [0, 0.1) is 5.92 Å². The van der Waals surface area contributed by atoms with Gasteiger partial charge >= 0.3 is 0 Å². The van der Waals surface area contributed by atoms with Crippen molar-refractivity contribution >= 4 is 10.0 Å². The molecule has 0 aromatic heterocycles. The van der Waals surface area contributed by atoms with Gasteiger partial charge in [0.2, 0.25) is 10.0 Å². The Hall–Kier alpha value is -0.170. The molecule has 3 aliphatic rings. The highest BCUT2D eigenvalue weighted by Crippen LogP contribution is 2.27. The molecule has 1 atom stereocenters. The summed E-state index contributed by atoms with van der Waals surface area (Å²) in [6.07, 6.45) is 2.27. The minimum absolute atomic E-state index is 0.136. The van der Waals surface area contributed by atoms with Crippen LogP contribution in [0.4, 0.5) is 0 Å². The molecule has 5 nitrogen and oxygen atoms in total. The average Bonchev–Trinajstić information content (AvgIpc) is 2.29. The Labute approximate surface area is 110 Å². The number of rotatable bonds is 6. The third kappa shape index (κ3) is 3.91. The van der Waals surface area contributed by atoms with Crippen LogP contribution < -0.4 is 10.0 Å². The quantitative estimate of drug-likeness (QED) is 0.716. The van der Waals surface area contributed by atoms with Gasteiger partial charge in [-0.3, -0.25) is 0 Å². The third-order valence-electron chi connectivity index (χ3n) is 3.91.